The number of nitrogens with one attached hydrogen (secondary N) is 1. The van der Waals surface area contributed by atoms with Crippen molar-refractivity contribution >= 4 is 29.9 Å². The standard InChI is InChI=1S/C20H29N3O2.HI/c1-2-21-20(23-12-16-5-3-4-6-17(16)13-23)22-10-9-15-7-8-18-19(11-15)25-14-24-18;/h7-8,11,16-17H,2-6,9-10,12-14H2,1H3,(H,21,22);1H. The maximum Gasteiger partial charge on any atom is 0.231 e. The maximum absolute atomic E-state index is 5.46. The monoisotopic (exact) mass is 471 g/mol. The number of halogens is 1. The number of nitrogens with zero attached hydrogens (tertiary/aromatic N) is 2. The predicted octanol–water partition coefficient (Wildman–Crippen LogP) is 3.66. The SMILES string of the molecule is CCNC(=NCCc1ccc2c(c1)OCO2)N1CC2CCCCC2C1.I. The Hall–Kier alpha value is -1.18. The molecule has 0 aromatic heterocycles. The van der Waals surface area contributed by atoms with Crippen LogP contribution < -0.4 is 14.8 Å². The van der Waals surface area contributed by atoms with Gasteiger partial charge in [0.1, 0.15) is 0 Å². The van der Waals surface area contributed by atoms with Gasteiger partial charge < -0.3 is 19.7 Å². The van der Waals surface area contributed by atoms with E-state index in [1.807, 2.05) is 6.07 Å². The fraction of sp³-hybridized carbons (Fsp3) is 0.650. The Morgan fingerprint density at radius 3 is 2.62 bits per heavy atom. The van der Waals surface area contributed by atoms with E-state index in [1.165, 1.54) is 44.3 Å². The topological polar surface area (TPSA) is 46.1 Å². The van der Waals surface area contributed by atoms with E-state index in [4.69, 9.17) is 14.5 Å². The third-order valence-electron chi connectivity index (χ3n) is 5.71. The zero-order chi connectivity index (χ0) is 17.1. The summed E-state index contributed by atoms with van der Waals surface area (Å²) in [5.74, 6) is 4.56. The van der Waals surface area contributed by atoms with Crippen molar-refractivity contribution in [2.75, 3.05) is 33.0 Å². The minimum absolute atomic E-state index is 0. The molecule has 0 amide bonds. The average Bonchev–Trinajstić information content (AvgIpc) is 3.27. The van der Waals surface area contributed by atoms with Gasteiger partial charge in [-0.15, -0.1) is 24.0 Å². The van der Waals surface area contributed by atoms with E-state index in [0.29, 0.717) is 6.79 Å². The number of fused-ring (bicyclic) bond motifs is 2. The molecule has 26 heavy (non-hydrogen) atoms. The molecule has 4 rings (SSSR count). The third-order valence-corrected chi connectivity index (χ3v) is 5.71. The molecule has 2 unspecified atom stereocenters. The van der Waals surface area contributed by atoms with E-state index in [9.17, 15) is 0 Å². The molecule has 1 aliphatic carbocycles. The lowest BCUT2D eigenvalue weighted by Crippen LogP contribution is -2.40. The van der Waals surface area contributed by atoms with Gasteiger partial charge in [0.05, 0.1) is 0 Å². The van der Waals surface area contributed by atoms with Gasteiger partial charge >= 0.3 is 0 Å². The quantitative estimate of drug-likeness (QED) is 0.414. The molecule has 0 bridgehead atoms. The van der Waals surface area contributed by atoms with E-state index in [-0.39, 0.29) is 24.0 Å². The van der Waals surface area contributed by atoms with E-state index in [1.54, 1.807) is 0 Å². The van der Waals surface area contributed by atoms with Crippen LogP contribution in [0, 0.1) is 11.8 Å². The first-order chi connectivity index (χ1) is 12.3. The van der Waals surface area contributed by atoms with Crippen LogP contribution in [0.25, 0.3) is 0 Å². The van der Waals surface area contributed by atoms with Crippen LogP contribution >= 0.6 is 24.0 Å². The highest BCUT2D eigenvalue weighted by Crippen LogP contribution is 2.36. The molecule has 3 aliphatic rings. The van der Waals surface area contributed by atoms with Gasteiger partial charge in [0.25, 0.3) is 0 Å². The molecule has 0 radical (unpaired) electrons. The Labute approximate surface area is 173 Å². The fourth-order valence-electron chi connectivity index (χ4n) is 4.39. The number of hydrogen-bond acceptors (Lipinski definition) is 3. The molecular formula is C20H30IN3O2. The molecule has 1 saturated carbocycles. The van der Waals surface area contributed by atoms with Crippen LogP contribution in [0.1, 0.15) is 38.2 Å². The van der Waals surface area contributed by atoms with Crippen LogP contribution in [-0.2, 0) is 6.42 Å². The van der Waals surface area contributed by atoms with Crippen molar-refractivity contribution < 1.29 is 9.47 Å². The van der Waals surface area contributed by atoms with Gasteiger partial charge in [-0.3, -0.25) is 4.99 Å². The lowest BCUT2D eigenvalue weighted by atomic mass is 9.82. The van der Waals surface area contributed by atoms with Crippen molar-refractivity contribution in [1.29, 1.82) is 0 Å². The summed E-state index contributed by atoms with van der Waals surface area (Å²) < 4.78 is 10.8. The molecule has 1 aromatic rings. The summed E-state index contributed by atoms with van der Waals surface area (Å²) in [6.07, 6.45) is 6.54. The number of hydrogen-bond donors (Lipinski definition) is 1. The number of guanidine groups is 1. The van der Waals surface area contributed by atoms with Crippen molar-refractivity contribution in [3.05, 3.63) is 23.8 Å². The van der Waals surface area contributed by atoms with Crippen LogP contribution in [0.5, 0.6) is 11.5 Å². The van der Waals surface area contributed by atoms with E-state index in [0.717, 1.165) is 48.8 Å². The van der Waals surface area contributed by atoms with Crippen LogP contribution in [-0.4, -0.2) is 43.8 Å². The van der Waals surface area contributed by atoms with Gasteiger partial charge in [0.2, 0.25) is 6.79 Å². The van der Waals surface area contributed by atoms with Crippen LogP contribution in [0.15, 0.2) is 23.2 Å². The minimum Gasteiger partial charge on any atom is -0.454 e. The Balaban J connectivity index is 0.00000196. The first kappa shape index (κ1) is 19.6. The van der Waals surface area contributed by atoms with Gasteiger partial charge in [-0.25, -0.2) is 0 Å². The average molecular weight is 471 g/mol. The minimum atomic E-state index is 0. The Kier molecular flexibility index (Phi) is 6.89. The third kappa shape index (κ3) is 4.38. The number of likely N-dealkylation sites (tertiary alicyclic amines) is 1. The van der Waals surface area contributed by atoms with E-state index < -0.39 is 0 Å². The van der Waals surface area contributed by atoms with Crippen LogP contribution in [0.4, 0.5) is 0 Å². The summed E-state index contributed by atoms with van der Waals surface area (Å²) in [5.41, 5.74) is 1.25. The number of ether oxygens (including phenoxy) is 2. The van der Waals surface area contributed by atoms with Crippen LogP contribution in [0.3, 0.4) is 0 Å². The van der Waals surface area contributed by atoms with E-state index in [2.05, 4.69) is 29.3 Å². The normalized spacial score (nSPS) is 24.2. The van der Waals surface area contributed by atoms with Gasteiger partial charge in [-0.05, 0) is 55.7 Å². The van der Waals surface area contributed by atoms with Crippen LogP contribution in [0.2, 0.25) is 0 Å². The predicted molar refractivity (Wildman–Crippen MR) is 115 cm³/mol. The van der Waals surface area contributed by atoms with Gasteiger partial charge in [0.15, 0.2) is 17.5 Å². The highest BCUT2D eigenvalue weighted by molar-refractivity contribution is 14.0. The molecule has 0 spiro atoms. The molecule has 2 atom stereocenters. The molecule has 6 heteroatoms. The first-order valence-electron chi connectivity index (χ1n) is 9.75. The summed E-state index contributed by atoms with van der Waals surface area (Å²) >= 11 is 0. The molecule has 1 aromatic carbocycles. The Morgan fingerprint density at radius 1 is 1.15 bits per heavy atom. The fourth-order valence-corrected chi connectivity index (χ4v) is 4.39. The largest absolute Gasteiger partial charge is 0.454 e. The van der Waals surface area contributed by atoms with Gasteiger partial charge in [0, 0.05) is 26.2 Å². The second-order valence-electron chi connectivity index (χ2n) is 7.38. The summed E-state index contributed by atoms with van der Waals surface area (Å²) in [6.45, 7) is 6.57. The summed E-state index contributed by atoms with van der Waals surface area (Å²) in [6, 6.07) is 6.19. The molecule has 1 N–H and O–H groups in total. The smallest absolute Gasteiger partial charge is 0.231 e. The number of benzene rings is 1. The number of aliphatic imine (C=N–C) groups is 1. The van der Waals surface area contributed by atoms with Gasteiger partial charge in [-0.2, -0.15) is 0 Å². The van der Waals surface area contributed by atoms with Crippen molar-refractivity contribution in [1.82, 2.24) is 10.2 Å². The number of rotatable bonds is 4. The highest BCUT2D eigenvalue weighted by Gasteiger charge is 2.35. The van der Waals surface area contributed by atoms with Crippen molar-refractivity contribution in [3.8, 4) is 11.5 Å². The maximum atomic E-state index is 5.46. The van der Waals surface area contributed by atoms with Gasteiger partial charge in [-0.1, -0.05) is 18.9 Å². The second kappa shape index (κ2) is 9.15. The molecule has 144 valence electrons. The summed E-state index contributed by atoms with van der Waals surface area (Å²) in [7, 11) is 0. The van der Waals surface area contributed by atoms with E-state index >= 15 is 0 Å². The molecule has 1 saturated heterocycles. The van der Waals surface area contributed by atoms with Crippen molar-refractivity contribution in [3.63, 3.8) is 0 Å². The lowest BCUT2D eigenvalue weighted by molar-refractivity contribution is 0.174. The molecule has 5 nitrogen and oxygen atoms in total. The lowest BCUT2D eigenvalue weighted by Gasteiger charge is -2.22. The summed E-state index contributed by atoms with van der Waals surface area (Å²) in [4.78, 5) is 7.39. The second-order valence-corrected chi connectivity index (χ2v) is 7.38. The molecule has 2 aliphatic heterocycles. The summed E-state index contributed by atoms with van der Waals surface area (Å²) in [5, 5.41) is 3.49. The first-order valence-corrected chi connectivity index (χ1v) is 9.75. The van der Waals surface area contributed by atoms with Crippen molar-refractivity contribution in [2.45, 2.75) is 39.0 Å². The Bertz CT molecular complexity index is 623. The highest BCUT2D eigenvalue weighted by atomic mass is 127. The zero-order valence-electron chi connectivity index (χ0n) is 15.6. The zero-order valence-corrected chi connectivity index (χ0v) is 17.9. The molecule has 2 heterocycles. The Morgan fingerprint density at radius 2 is 1.88 bits per heavy atom. The molecule has 2 fully saturated rings. The van der Waals surface area contributed by atoms with Crippen molar-refractivity contribution in [2.24, 2.45) is 16.8 Å². The molecular weight excluding hydrogens is 441 g/mol.